The van der Waals surface area contributed by atoms with Gasteiger partial charge in [-0.2, -0.15) is 10.5 Å². The summed E-state index contributed by atoms with van der Waals surface area (Å²) in [7, 11) is 0. The van der Waals surface area contributed by atoms with E-state index in [0.29, 0.717) is 18.8 Å². The lowest BCUT2D eigenvalue weighted by atomic mass is 9.96. The van der Waals surface area contributed by atoms with E-state index >= 15 is 0 Å². The standard InChI is InChI=1S/C20H21N3O3/c21-9-3-11-23(12-4-10-22)20(24)14-25-15-7-8-19-17(13-15)16-5-1-2-6-18(16)26-19/h7-8,13H,1-6,11-12,14H2. The molecule has 6 nitrogen and oxygen atoms in total. The minimum Gasteiger partial charge on any atom is -0.484 e. The third-order valence-corrected chi connectivity index (χ3v) is 4.63. The summed E-state index contributed by atoms with van der Waals surface area (Å²) < 4.78 is 11.6. The highest BCUT2D eigenvalue weighted by Gasteiger charge is 2.19. The fourth-order valence-electron chi connectivity index (χ4n) is 3.30. The summed E-state index contributed by atoms with van der Waals surface area (Å²) in [6.07, 6.45) is 4.80. The number of nitriles is 2. The maximum absolute atomic E-state index is 12.3. The predicted molar refractivity (Wildman–Crippen MR) is 95.4 cm³/mol. The summed E-state index contributed by atoms with van der Waals surface area (Å²) >= 11 is 0. The van der Waals surface area contributed by atoms with E-state index in [1.807, 2.05) is 24.3 Å². The number of hydrogen-bond donors (Lipinski definition) is 0. The molecule has 0 N–H and O–H groups in total. The van der Waals surface area contributed by atoms with Gasteiger partial charge in [0.25, 0.3) is 5.91 Å². The van der Waals surface area contributed by atoms with Crippen LogP contribution in [0.5, 0.6) is 5.75 Å². The van der Waals surface area contributed by atoms with Crippen LogP contribution < -0.4 is 4.74 Å². The molecule has 1 aliphatic carbocycles. The molecule has 1 aliphatic rings. The average molecular weight is 351 g/mol. The van der Waals surface area contributed by atoms with Crippen molar-refractivity contribution in [2.75, 3.05) is 19.7 Å². The number of ether oxygens (including phenoxy) is 1. The molecule has 2 aromatic rings. The molecule has 0 radical (unpaired) electrons. The van der Waals surface area contributed by atoms with Crippen LogP contribution in [0.25, 0.3) is 11.0 Å². The van der Waals surface area contributed by atoms with Crippen molar-refractivity contribution in [2.24, 2.45) is 0 Å². The Kier molecular flexibility index (Phi) is 5.76. The van der Waals surface area contributed by atoms with Crippen LogP contribution in [-0.4, -0.2) is 30.5 Å². The van der Waals surface area contributed by atoms with Gasteiger partial charge in [0.15, 0.2) is 6.61 Å². The van der Waals surface area contributed by atoms with Gasteiger partial charge < -0.3 is 14.1 Å². The van der Waals surface area contributed by atoms with Crippen molar-refractivity contribution in [3.05, 3.63) is 29.5 Å². The van der Waals surface area contributed by atoms with Gasteiger partial charge in [0.2, 0.25) is 0 Å². The normalized spacial score (nSPS) is 12.8. The van der Waals surface area contributed by atoms with Crippen LogP contribution in [0.3, 0.4) is 0 Å². The summed E-state index contributed by atoms with van der Waals surface area (Å²) in [5.41, 5.74) is 2.12. The van der Waals surface area contributed by atoms with Crippen molar-refractivity contribution >= 4 is 16.9 Å². The third kappa shape index (κ3) is 3.97. The number of aryl methyl sites for hydroxylation is 2. The zero-order chi connectivity index (χ0) is 18.4. The van der Waals surface area contributed by atoms with Crippen molar-refractivity contribution in [3.8, 4) is 17.9 Å². The fraction of sp³-hybridized carbons (Fsp3) is 0.450. The van der Waals surface area contributed by atoms with E-state index < -0.39 is 0 Å². The van der Waals surface area contributed by atoms with Gasteiger partial charge in [0, 0.05) is 30.5 Å². The van der Waals surface area contributed by atoms with Crippen LogP contribution in [0.2, 0.25) is 0 Å². The van der Waals surface area contributed by atoms with Crippen molar-refractivity contribution in [3.63, 3.8) is 0 Å². The summed E-state index contributed by atoms with van der Waals surface area (Å²) in [4.78, 5) is 13.8. The molecule has 6 heteroatoms. The highest BCUT2D eigenvalue weighted by molar-refractivity contribution is 5.84. The second-order valence-electron chi connectivity index (χ2n) is 6.35. The Bertz CT molecular complexity index is 855. The number of fused-ring (bicyclic) bond motifs is 3. The first-order chi connectivity index (χ1) is 12.7. The average Bonchev–Trinajstić information content (AvgIpc) is 3.04. The number of carbonyl (C=O) groups is 1. The molecule has 0 fully saturated rings. The molecule has 1 amide bonds. The molecule has 134 valence electrons. The van der Waals surface area contributed by atoms with E-state index in [9.17, 15) is 4.79 Å². The minimum atomic E-state index is -0.218. The Morgan fingerprint density at radius 3 is 2.62 bits per heavy atom. The largest absolute Gasteiger partial charge is 0.484 e. The zero-order valence-electron chi connectivity index (χ0n) is 14.7. The number of amides is 1. The smallest absolute Gasteiger partial charge is 0.260 e. The molecule has 0 bridgehead atoms. The van der Waals surface area contributed by atoms with Crippen molar-refractivity contribution in [2.45, 2.75) is 38.5 Å². The first-order valence-corrected chi connectivity index (χ1v) is 8.91. The van der Waals surface area contributed by atoms with E-state index in [2.05, 4.69) is 0 Å². The van der Waals surface area contributed by atoms with Gasteiger partial charge in [-0.05, 0) is 37.5 Å². The third-order valence-electron chi connectivity index (χ3n) is 4.63. The van der Waals surface area contributed by atoms with Crippen molar-refractivity contribution in [1.29, 1.82) is 10.5 Å². The quantitative estimate of drug-likeness (QED) is 0.763. The molecule has 1 aromatic carbocycles. The van der Waals surface area contributed by atoms with Crippen LogP contribution in [0, 0.1) is 22.7 Å². The summed E-state index contributed by atoms with van der Waals surface area (Å²) in [5.74, 6) is 1.48. The maximum Gasteiger partial charge on any atom is 0.260 e. The maximum atomic E-state index is 12.3. The highest BCUT2D eigenvalue weighted by atomic mass is 16.5. The number of carbonyl (C=O) groups excluding carboxylic acids is 1. The van der Waals surface area contributed by atoms with E-state index in [1.165, 1.54) is 10.5 Å². The molecule has 1 aromatic heterocycles. The molecule has 0 aliphatic heterocycles. The second kappa shape index (κ2) is 8.40. The fourth-order valence-corrected chi connectivity index (χ4v) is 3.30. The van der Waals surface area contributed by atoms with Gasteiger partial charge in [0.1, 0.15) is 17.1 Å². The van der Waals surface area contributed by atoms with E-state index in [4.69, 9.17) is 19.7 Å². The monoisotopic (exact) mass is 351 g/mol. The van der Waals surface area contributed by atoms with Gasteiger partial charge in [-0.1, -0.05) is 0 Å². The predicted octanol–water partition coefficient (Wildman–Crippen LogP) is 3.35. The first-order valence-electron chi connectivity index (χ1n) is 8.91. The van der Waals surface area contributed by atoms with Crippen LogP contribution in [-0.2, 0) is 17.6 Å². The van der Waals surface area contributed by atoms with Crippen LogP contribution in [0.1, 0.15) is 37.0 Å². The molecule has 3 rings (SSSR count). The van der Waals surface area contributed by atoms with Crippen molar-refractivity contribution in [1.82, 2.24) is 4.90 Å². The molecular formula is C20H21N3O3. The highest BCUT2D eigenvalue weighted by Crippen LogP contribution is 2.33. The Morgan fingerprint density at radius 2 is 1.88 bits per heavy atom. The number of rotatable bonds is 7. The first kappa shape index (κ1) is 17.8. The molecule has 1 heterocycles. The Balaban J connectivity index is 1.67. The van der Waals surface area contributed by atoms with Gasteiger partial charge in [-0.15, -0.1) is 0 Å². The van der Waals surface area contributed by atoms with E-state index in [0.717, 1.165) is 42.4 Å². The van der Waals surface area contributed by atoms with Gasteiger partial charge in [-0.3, -0.25) is 4.79 Å². The van der Waals surface area contributed by atoms with Crippen LogP contribution in [0.4, 0.5) is 0 Å². The number of furan rings is 1. The molecule has 26 heavy (non-hydrogen) atoms. The lowest BCUT2D eigenvalue weighted by molar-refractivity contribution is -0.133. The number of benzene rings is 1. The molecule has 0 saturated carbocycles. The zero-order valence-corrected chi connectivity index (χ0v) is 14.7. The molecular weight excluding hydrogens is 330 g/mol. The van der Waals surface area contributed by atoms with E-state index in [-0.39, 0.29) is 25.4 Å². The number of hydrogen-bond acceptors (Lipinski definition) is 5. The summed E-state index contributed by atoms with van der Waals surface area (Å²) in [6, 6.07) is 9.67. The van der Waals surface area contributed by atoms with Crippen LogP contribution in [0.15, 0.2) is 22.6 Å². The Hall–Kier alpha value is -2.99. The molecule has 0 spiro atoms. The number of nitrogens with zero attached hydrogens (tertiary/aromatic N) is 3. The molecule has 0 unspecified atom stereocenters. The summed E-state index contributed by atoms with van der Waals surface area (Å²) in [6.45, 7) is 0.520. The molecule has 0 saturated heterocycles. The Morgan fingerprint density at radius 1 is 1.15 bits per heavy atom. The van der Waals surface area contributed by atoms with Gasteiger partial charge in [-0.25, -0.2) is 0 Å². The summed E-state index contributed by atoms with van der Waals surface area (Å²) in [5, 5.41) is 18.5. The van der Waals surface area contributed by atoms with Gasteiger partial charge in [0.05, 0.1) is 25.0 Å². The van der Waals surface area contributed by atoms with Gasteiger partial charge >= 0.3 is 0 Å². The lowest BCUT2D eigenvalue weighted by Gasteiger charge is -2.20. The molecule has 0 atom stereocenters. The lowest BCUT2D eigenvalue weighted by Crippen LogP contribution is -2.36. The van der Waals surface area contributed by atoms with Crippen LogP contribution >= 0.6 is 0 Å². The van der Waals surface area contributed by atoms with Crippen molar-refractivity contribution < 1.29 is 13.9 Å². The minimum absolute atomic E-state index is 0.109. The second-order valence-corrected chi connectivity index (χ2v) is 6.35. The Labute approximate surface area is 152 Å². The SMILES string of the molecule is N#CCCN(CCC#N)C(=O)COc1ccc2oc3c(c2c1)CCCC3. The van der Waals surface area contributed by atoms with E-state index in [1.54, 1.807) is 6.07 Å². The topological polar surface area (TPSA) is 90.3 Å².